The number of carbonyl (C=O) groups excluding carboxylic acids is 2. The van der Waals surface area contributed by atoms with E-state index >= 15 is 0 Å². The van der Waals surface area contributed by atoms with Crippen molar-refractivity contribution >= 4 is 23.2 Å². The van der Waals surface area contributed by atoms with Crippen LogP contribution in [0.2, 0.25) is 0 Å². The van der Waals surface area contributed by atoms with Gasteiger partial charge in [0.2, 0.25) is 5.91 Å². The average molecular weight is 350 g/mol. The predicted molar refractivity (Wildman–Crippen MR) is 94.5 cm³/mol. The zero-order chi connectivity index (χ0) is 16.9. The van der Waals surface area contributed by atoms with Crippen LogP contribution in [0.5, 0.6) is 0 Å². The first-order chi connectivity index (χ1) is 11.7. The minimum absolute atomic E-state index is 0.0512. The lowest BCUT2D eigenvalue weighted by Crippen LogP contribution is -2.40. The second kappa shape index (κ2) is 8.12. The fourth-order valence-corrected chi connectivity index (χ4v) is 4.48. The lowest BCUT2D eigenvalue weighted by atomic mass is 9.87. The summed E-state index contributed by atoms with van der Waals surface area (Å²) < 4.78 is 5.31. The molecule has 1 aromatic rings. The Morgan fingerprint density at radius 3 is 2.92 bits per heavy atom. The highest BCUT2D eigenvalue weighted by Crippen LogP contribution is 2.33. The van der Waals surface area contributed by atoms with Crippen molar-refractivity contribution < 1.29 is 14.3 Å². The third-order valence-electron chi connectivity index (χ3n) is 4.79. The number of unbranched alkanes of at least 4 members (excludes halogenated alkanes) is 1. The quantitative estimate of drug-likeness (QED) is 0.829. The number of aryl methyl sites for hydroxylation is 1. The standard InChI is InChI=1S/C18H26N2O3S/c1-2-3-6-19-17(21)13-4-5-15-14(11-13)12-16(24-15)18(22)20-7-9-23-10-8-20/h12-13H,2-11H2,1H3,(H,19,21)/t13-/m1/s1. The molecule has 5 nitrogen and oxygen atoms in total. The van der Waals surface area contributed by atoms with Crippen LogP contribution in [-0.2, 0) is 22.4 Å². The van der Waals surface area contributed by atoms with Crippen LogP contribution in [0.15, 0.2) is 6.07 Å². The van der Waals surface area contributed by atoms with Crippen LogP contribution in [0, 0.1) is 5.92 Å². The summed E-state index contributed by atoms with van der Waals surface area (Å²) in [5, 5.41) is 3.04. The number of nitrogens with zero attached hydrogens (tertiary/aromatic N) is 1. The van der Waals surface area contributed by atoms with E-state index in [2.05, 4.69) is 12.2 Å². The van der Waals surface area contributed by atoms with E-state index in [1.54, 1.807) is 11.3 Å². The highest BCUT2D eigenvalue weighted by Gasteiger charge is 2.28. The van der Waals surface area contributed by atoms with Gasteiger partial charge in [-0.1, -0.05) is 13.3 Å². The summed E-state index contributed by atoms with van der Waals surface area (Å²) in [6.07, 6.45) is 4.67. The van der Waals surface area contributed by atoms with Crippen LogP contribution in [0.3, 0.4) is 0 Å². The number of nitrogens with one attached hydrogen (secondary N) is 1. The first kappa shape index (κ1) is 17.4. The van der Waals surface area contributed by atoms with Crippen LogP contribution in [0.1, 0.15) is 46.3 Å². The van der Waals surface area contributed by atoms with Gasteiger partial charge in [0.25, 0.3) is 5.91 Å². The molecule has 1 aliphatic heterocycles. The van der Waals surface area contributed by atoms with Crippen molar-refractivity contribution in [3.05, 3.63) is 21.4 Å². The molecule has 1 aliphatic carbocycles. The monoisotopic (exact) mass is 350 g/mol. The number of hydrogen-bond donors (Lipinski definition) is 1. The molecule has 0 bridgehead atoms. The van der Waals surface area contributed by atoms with Crippen LogP contribution in [0.25, 0.3) is 0 Å². The van der Waals surface area contributed by atoms with Gasteiger partial charge in [-0.3, -0.25) is 9.59 Å². The molecule has 0 spiro atoms. The molecule has 1 saturated heterocycles. The Kier molecular flexibility index (Phi) is 5.89. The Hall–Kier alpha value is -1.40. The Morgan fingerprint density at radius 2 is 2.17 bits per heavy atom. The van der Waals surface area contributed by atoms with E-state index in [0.717, 1.165) is 43.5 Å². The number of fused-ring (bicyclic) bond motifs is 1. The maximum absolute atomic E-state index is 12.6. The number of rotatable bonds is 5. The summed E-state index contributed by atoms with van der Waals surface area (Å²) in [4.78, 5) is 28.8. The minimum atomic E-state index is 0.0512. The Bertz CT molecular complexity index is 593. The predicted octanol–water partition coefficient (Wildman–Crippen LogP) is 2.24. The molecule has 2 aliphatic rings. The summed E-state index contributed by atoms with van der Waals surface area (Å²) in [5.74, 6) is 0.332. The molecule has 1 atom stereocenters. The normalized spacial score (nSPS) is 20.5. The van der Waals surface area contributed by atoms with Crippen molar-refractivity contribution in [2.75, 3.05) is 32.8 Å². The van der Waals surface area contributed by atoms with E-state index in [1.165, 1.54) is 10.4 Å². The zero-order valence-electron chi connectivity index (χ0n) is 14.3. The Morgan fingerprint density at radius 1 is 1.38 bits per heavy atom. The van der Waals surface area contributed by atoms with Gasteiger partial charge in [-0.05, 0) is 37.3 Å². The van der Waals surface area contributed by atoms with Crippen molar-refractivity contribution in [3.63, 3.8) is 0 Å². The van der Waals surface area contributed by atoms with Gasteiger partial charge in [0.1, 0.15) is 0 Å². The van der Waals surface area contributed by atoms with E-state index in [4.69, 9.17) is 4.74 Å². The molecule has 1 N–H and O–H groups in total. The van der Waals surface area contributed by atoms with Crippen molar-refractivity contribution in [3.8, 4) is 0 Å². The second-order valence-corrected chi connectivity index (χ2v) is 7.68. The largest absolute Gasteiger partial charge is 0.378 e. The summed E-state index contributed by atoms with van der Waals surface area (Å²) in [5.41, 5.74) is 1.19. The summed E-state index contributed by atoms with van der Waals surface area (Å²) in [6.45, 7) is 5.47. The molecule has 0 saturated carbocycles. The maximum Gasteiger partial charge on any atom is 0.264 e. The van der Waals surface area contributed by atoms with E-state index in [9.17, 15) is 9.59 Å². The first-order valence-electron chi connectivity index (χ1n) is 8.95. The first-order valence-corrected chi connectivity index (χ1v) is 9.77. The smallest absolute Gasteiger partial charge is 0.264 e. The summed E-state index contributed by atoms with van der Waals surface area (Å²) in [7, 11) is 0. The Labute approximate surface area is 147 Å². The Balaban J connectivity index is 1.62. The van der Waals surface area contributed by atoms with Gasteiger partial charge in [0, 0.05) is 30.4 Å². The van der Waals surface area contributed by atoms with Gasteiger partial charge in [-0.25, -0.2) is 0 Å². The van der Waals surface area contributed by atoms with Crippen molar-refractivity contribution in [1.82, 2.24) is 10.2 Å². The molecule has 0 aromatic carbocycles. The highest BCUT2D eigenvalue weighted by atomic mass is 32.1. The number of carbonyl (C=O) groups is 2. The van der Waals surface area contributed by atoms with Crippen LogP contribution in [-0.4, -0.2) is 49.6 Å². The van der Waals surface area contributed by atoms with Crippen LogP contribution < -0.4 is 5.32 Å². The van der Waals surface area contributed by atoms with E-state index < -0.39 is 0 Å². The van der Waals surface area contributed by atoms with Crippen molar-refractivity contribution in [1.29, 1.82) is 0 Å². The molecular weight excluding hydrogens is 324 g/mol. The maximum atomic E-state index is 12.6. The SMILES string of the molecule is CCCCNC(=O)[C@@H]1CCc2sc(C(=O)N3CCOCC3)cc2C1. The molecule has 2 heterocycles. The van der Waals surface area contributed by atoms with E-state index in [1.807, 2.05) is 11.0 Å². The van der Waals surface area contributed by atoms with Gasteiger partial charge in [-0.15, -0.1) is 11.3 Å². The van der Waals surface area contributed by atoms with Crippen molar-refractivity contribution in [2.45, 2.75) is 39.0 Å². The molecule has 3 rings (SSSR count). The lowest BCUT2D eigenvalue weighted by molar-refractivity contribution is -0.125. The van der Waals surface area contributed by atoms with Gasteiger partial charge < -0.3 is 15.0 Å². The fourth-order valence-electron chi connectivity index (χ4n) is 3.31. The molecule has 1 fully saturated rings. The van der Waals surface area contributed by atoms with E-state index in [-0.39, 0.29) is 17.7 Å². The summed E-state index contributed by atoms with van der Waals surface area (Å²) >= 11 is 1.61. The van der Waals surface area contributed by atoms with Gasteiger partial charge in [0.05, 0.1) is 18.1 Å². The number of morpholine rings is 1. The lowest BCUT2D eigenvalue weighted by Gasteiger charge is -2.26. The van der Waals surface area contributed by atoms with Crippen LogP contribution >= 0.6 is 11.3 Å². The van der Waals surface area contributed by atoms with Crippen LogP contribution in [0.4, 0.5) is 0 Å². The molecule has 0 radical (unpaired) electrons. The topological polar surface area (TPSA) is 58.6 Å². The van der Waals surface area contributed by atoms with Gasteiger partial charge in [0.15, 0.2) is 0 Å². The second-order valence-electron chi connectivity index (χ2n) is 6.55. The number of thiophene rings is 1. The molecule has 0 unspecified atom stereocenters. The summed E-state index contributed by atoms with van der Waals surface area (Å²) in [6, 6.07) is 2.02. The highest BCUT2D eigenvalue weighted by molar-refractivity contribution is 7.14. The zero-order valence-corrected chi connectivity index (χ0v) is 15.1. The fraction of sp³-hybridized carbons (Fsp3) is 0.667. The van der Waals surface area contributed by atoms with Crippen molar-refractivity contribution in [2.24, 2.45) is 5.92 Å². The third kappa shape index (κ3) is 3.98. The van der Waals surface area contributed by atoms with Gasteiger partial charge in [-0.2, -0.15) is 0 Å². The molecule has 6 heteroatoms. The van der Waals surface area contributed by atoms with Gasteiger partial charge >= 0.3 is 0 Å². The molecule has 24 heavy (non-hydrogen) atoms. The minimum Gasteiger partial charge on any atom is -0.378 e. The third-order valence-corrected chi connectivity index (χ3v) is 6.02. The number of ether oxygens (including phenoxy) is 1. The number of hydrogen-bond acceptors (Lipinski definition) is 4. The molecule has 132 valence electrons. The molecule has 1 aromatic heterocycles. The molecule has 2 amide bonds. The average Bonchev–Trinajstić information content (AvgIpc) is 3.05. The molecular formula is C18H26N2O3S. The van der Waals surface area contributed by atoms with E-state index in [0.29, 0.717) is 26.3 Å². The number of amides is 2.